The summed E-state index contributed by atoms with van der Waals surface area (Å²) in [6.07, 6.45) is 1.65. The number of furan rings is 1. The van der Waals surface area contributed by atoms with Gasteiger partial charge >= 0.3 is 0 Å². The maximum atomic E-state index is 6.35. The van der Waals surface area contributed by atoms with Crippen molar-refractivity contribution >= 4 is 23.8 Å². The van der Waals surface area contributed by atoms with E-state index in [4.69, 9.17) is 38.4 Å². The molecule has 0 atom stereocenters. The molecule has 0 aliphatic rings. The zero-order valence-electron chi connectivity index (χ0n) is 18.7. The van der Waals surface area contributed by atoms with Crippen LogP contribution < -0.4 is 0 Å². The van der Waals surface area contributed by atoms with E-state index in [1.54, 1.807) is 6.26 Å². The zero-order valence-corrected chi connectivity index (χ0v) is 20.3. The topological polar surface area (TPSA) is 57.0 Å². The highest BCUT2D eigenvalue weighted by atomic mass is 35.5. The van der Waals surface area contributed by atoms with E-state index in [1.165, 1.54) is 5.56 Å². The molecule has 0 aliphatic heterocycles. The van der Waals surface area contributed by atoms with Crippen LogP contribution in [0.3, 0.4) is 0 Å². The van der Waals surface area contributed by atoms with E-state index >= 15 is 0 Å². The van der Waals surface area contributed by atoms with Crippen LogP contribution >= 0.6 is 23.8 Å². The lowest BCUT2D eigenvalue weighted by atomic mass is 10.2. The van der Waals surface area contributed by atoms with Gasteiger partial charge in [-0.2, -0.15) is 5.10 Å². The molecule has 0 saturated heterocycles. The second-order valence-corrected chi connectivity index (χ2v) is 8.65. The second-order valence-electron chi connectivity index (χ2n) is 7.88. The minimum absolute atomic E-state index is 0.564. The van der Waals surface area contributed by atoms with Crippen molar-refractivity contribution in [2.75, 3.05) is 7.05 Å². The van der Waals surface area contributed by atoms with E-state index in [0.717, 1.165) is 40.9 Å². The number of rotatable bonds is 8. The van der Waals surface area contributed by atoms with Gasteiger partial charge in [-0.1, -0.05) is 29.8 Å². The summed E-state index contributed by atoms with van der Waals surface area (Å²) in [6, 6.07) is 11.6. The van der Waals surface area contributed by atoms with Gasteiger partial charge in [0.15, 0.2) is 16.4 Å². The van der Waals surface area contributed by atoms with Crippen LogP contribution in [0.15, 0.2) is 47.1 Å². The molecule has 3 aromatic heterocycles. The molecule has 32 heavy (non-hydrogen) atoms. The molecule has 9 heteroatoms. The lowest BCUT2D eigenvalue weighted by Crippen LogP contribution is -2.23. The maximum absolute atomic E-state index is 6.35. The molecule has 1 aromatic carbocycles. The molecule has 7 nitrogen and oxygen atoms in total. The summed E-state index contributed by atoms with van der Waals surface area (Å²) in [6.45, 7) is 8.88. The van der Waals surface area contributed by atoms with E-state index in [9.17, 15) is 0 Å². The lowest BCUT2D eigenvalue weighted by Gasteiger charge is -2.17. The number of nitrogens with zero attached hydrogens (tertiary/aromatic N) is 6. The Bertz CT molecular complexity index is 1270. The molecule has 0 N–H and O–H groups in total. The highest BCUT2D eigenvalue weighted by Gasteiger charge is 2.17. The van der Waals surface area contributed by atoms with Gasteiger partial charge in [-0.3, -0.25) is 14.1 Å². The third kappa shape index (κ3) is 4.44. The summed E-state index contributed by atoms with van der Waals surface area (Å²) < 4.78 is 12.1. The summed E-state index contributed by atoms with van der Waals surface area (Å²) in [5.41, 5.74) is 4.40. The molecule has 0 spiro atoms. The van der Waals surface area contributed by atoms with Crippen LogP contribution in [0.2, 0.25) is 5.02 Å². The van der Waals surface area contributed by atoms with E-state index in [0.29, 0.717) is 23.7 Å². The van der Waals surface area contributed by atoms with Gasteiger partial charge in [0.1, 0.15) is 0 Å². The Morgan fingerprint density at radius 1 is 1.09 bits per heavy atom. The number of aromatic nitrogens is 5. The van der Waals surface area contributed by atoms with E-state index in [2.05, 4.69) is 25.8 Å². The minimum atomic E-state index is 0.564. The first-order chi connectivity index (χ1) is 15.4. The fraction of sp³-hybridized carbons (Fsp3) is 0.348. The summed E-state index contributed by atoms with van der Waals surface area (Å²) in [4.78, 5) is 2.19. The summed E-state index contributed by atoms with van der Waals surface area (Å²) in [5, 5.41) is 10.2. The molecular formula is C23H27ClN6OS. The van der Waals surface area contributed by atoms with Gasteiger partial charge in [0, 0.05) is 29.4 Å². The number of hydrogen-bond donors (Lipinski definition) is 0. The fourth-order valence-corrected chi connectivity index (χ4v) is 4.37. The van der Waals surface area contributed by atoms with Crippen molar-refractivity contribution in [3.8, 4) is 11.6 Å². The van der Waals surface area contributed by atoms with E-state index in [1.807, 2.05) is 57.3 Å². The molecular weight excluding hydrogens is 444 g/mol. The Morgan fingerprint density at radius 2 is 1.88 bits per heavy atom. The first kappa shape index (κ1) is 22.5. The molecule has 0 saturated carbocycles. The van der Waals surface area contributed by atoms with Crippen LogP contribution in [0.4, 0.5) is 0 Å². The van der Waals surface area contributed by atoms with E-state index < -0.39 is 0 Å². The van der Waals surface area contributed by atoms with Crippen molar-refractivity contribution in [2.24, 2.45) is 0 Å². The zero-order chi connectivity index (χ0) is 22.8. The predicted octanol–water partition coefficient (Wildman–Crippen LogP) is 5.30. The smallest absolute Gasteiger partial charge is 0.199 e. The fourth-order valence-electron chi connectivity index (χ4n) is 3.86. The van der Waals surface area contributed by atoms with Crippen LogP contribution in [0.25, 0.3) is 11.6 Å². The van der Waals surface area contributed by atoms with Crippen LogP contribution in [0.1, 0.15) is 29.4 Å². The standard InChI is InChI=1S/C23H27ClN6OS/c1-5-28-22(21-11-8-12-31-21)26-30(23(28)32)15-27(4)14-19-16(2)25-29(17(19)3)13-18-9-6-7-10-20(18)24/h6-12H,5,13-15H2,1-4H3. The first-order valence-corrected chi connectivity index (χ1v) is 11.3. The molecule has 3 heterocycles. The lowest BCUT2D eigenvalue weighted by molar-refractivity contribution is 0.243. The molecule has 0 unspecified atom stereocenters. The van der Waals surface area contributed by atoms with Gasteiger partial charge < -0.3 is 4.42 Å². The molecule has 4 aromatic rings. The average Bonchev–Trinajstić information content (AvgIpc) is 3.46. The molecule has 0 amide bonds. The third-order valence-electron chi connectivity index (χ3n) is 5.59. The molecule has 0 bridgehead atoms. The Balaban J connectivity index is 1.53. The van der Waals surface area contributed by atoms with Crippen LogP contribution in [0, 0.1) is 18.6 Å². The summed E-state index contributed by atoms with van der Waals surface area (Å²) in [5.74, 6) is 1.46. The first-order valence-electron chi connectivity index (χ1n) is 10.5. The van der Waals surface area contributed by atoms with Crippen LogP contribution in [-0.2, 0) is 26.3 Å². The highest BCUT2D eigenvalue weighted by Crippen LogP contribution is 2.22. The second kappa shape index (κ2) is 9.44. The monoisotopic (exact) mass is 470 g/mol. The Hall–Kier alpha value is -2.68. The number of halogens is 1. The summed E-state index contributed by atoms with van der Waals surface area (Å²) >= 11 is 12.0. The van der Waals surface area contributed by atoms with Gasteiger partial charge in [0.05, 0.1) is 25.2 Å². The van der Waals surface area contributed by atoms with Crippen molar-refractivity contribution in [1.29, 1.82) is 0 Å². The SMILES string of the molecule is CCn1c(-c2ccco2)nn(CN(C)Cc2c(C)nn(Cc3ccccc3Cl)c2C)c1=S. The molecule has 4 rings (SSSR count). The largest absolute Gasteiger partial charge is 0.461 e. The van der Waals surface area contributed by atoms with Gasteiger partial charge in [-0.15, -0.1) is 5.10 Å². The third-order valence-corrected chi connectivity index (χ3v) is 6.39. The van der Waals surface area contributed by atoms with Crippen molar-refractivity contribution in [2.45, 2.75) is 47.1 Å². The van der Waals surface area contributed by atoms with Gasteiger partial charge in [0.2, 0.25) is 0 Å². The summed E-state index contributed by atoms with van der Waals surface area (Å²) in [7, 11) is 2.06. The highest BCUT2D eigenvalue weighted by molar-refractivity contribution is 7.71. The van der Waals surface area contributed by atoms with Crippen molar-refractivity contribution in [3.05, 3.63) is 75.0 Å². The van der Waals surface area contributed by atoms with Gasteiger partial charge in [-0.25, -0.2) is 4.68 Å². The molecule has 0 radical (unpaired) electrons. The molecule has 0 aliphatic carbocycles. The van der Waals surface area contributed by atoms with Crippen LogP contribution in [-0.4, -0.2) is 36.1 Å². The minimum Gasteiger partial charge on any atom is -0.461 e. The quantitative estimate of drug-likeness (QED) is 0.327. The van der Waals surface area contributed by atoms with Gasteiger partial charge in [0.25, 0.3) is 0 Å². The maximum Gasteiger partial charge on any atom is 0.199 e. The predicted molar refractivity (Wildman–Crippen MR) is 128 cm³/mol. The van der Waals surface area contributed by atoms with Crippen molar-refractivity contribution < 1.29 is 4.42 Å². The Labute approximate surface area is 197 Å². The number of hydrogen-bond acceptors (Lipinski definition) is 5. The molecule has 0 fully saturated rings. The number of aryl methyl sites for hydroxylation is 1. The normalized spacial score (nSPS) is 11.6. The van der Waals surface area contributed by atoms with Crippen molar-refractivity contribution in [3.63, 3.8) is 0 Å². The van der Waals surface area contributed by atoms with Gasteiger partial charge in [-0.05, 0) is 63.8 Å². The molecule has 168 valence electrons. The van der Waals surface area contributed by atoms with E-state index in [-0.39, 0.29) is 0 Å². The average molecular weight is 471 g/mol. The van der Waals surface area contributed by atoms with Crippen molar-refractivity contribution in [1.82, 2.24) is 29.0 Å². The number of benzene rings is 1. The van der Waals surface area contributed by atoms with Crippen LogP contribution in [0.5, 0.6) is 0 Å². The Kier molecular flexibility index (Phi) is 6.64. The Morgan fingerprint density at radius 3 is 2.56 bits per heavy atom.